The fourth-order valence-electron chi connectivity index (χ4n) is 2.99. The zero-order chi connectivity index (χ0) is 14.9. The molecule has 112 valence electrons. The fraction of sp³-hybridized carbons (Fsp3) is 0.471. The fourth-order valence-corrected chi connectivity index (χ4v) is 2.99. The summed E-state index contributed by atoms with van der Waals surface area (Å²) in [4.78, 5) is 2.51. The molecule has 0 amide bonds. The van der Waals surface area contributed by atoms with E-state index in [9.17, 15) is 0 Å². The van der Waals surface area contributed by atoms with Crippen LogP contribution in [0.5, 0.6) is 0 Å². The second kappa shape index (κ2) is 5.62. The third-order valence-corrected chi connectivity index (χ3v) is 4.07. The van der Waals surface area contributed by atoms with E-state index in [0.29, 0.717) is 0 Å². The Morgan fingerprint density at radius 1 is 1.24 bits per heavy atom. The molecule has 2 heterocycles. The Labute approximate surface area is 126 Å². The first-order valence-corrected chi connectivity index (χ1v) is 7.61. The highest BCUT2D eigenvalue weighted by atomic mass is 15.3. The van der Waals surface area contributed by atoms with Crippen molar-refractivity contribution in [3.63, 3.8) is 0 Å². The van der Waals surface area contributed by atoms with E-state index in [1.165, 1.54) is 5.56 Å². The van der Waals surface area contributed by atoms with Crippen LogP contribution in [0.15, 0.2) is 36.5 Å². The third kappa shape index (κ3) is 3.34. The van der Waals surface area contributed by atoms with Crippen LogP contribution in [-0.2, 0) is 6.54 Å². The van der Waals surface area contributed by atoms with Crippen molar-refractivity contribution in [2.75, 3.05) is 19.6 Å². The number of benzene rings is 1. The minimum absolute atomic E-state index is 0.196. The van der Waals surface area contributed by atoms with E-state index in [1.54, 1.807) is 0 Å². The van der Waals surface area contributed by atoms with Crippen LogP contribution >= 0.6 is 0 Å². The summed E-state index contributed by atoms with van der Waals surface area (Å²) in [6, 6.07) is 10.3. The molecule has 1 aliphatic rings. The first kappa shape index (κ1) is 14.3. The Hall–Kier alpha value is -1.65. The molecule has 0 spiro atoms. The van der Waals surface area contributed by atoms with Crippen LogP contribution in [0.25, 0.3) is 5.69 Å². The highest BCUT2D eigenvalue weighted by molar-refractivity contribution is 5.32. The monoisotopic (exact) mass is 284 g/mol. The van der Waals surface area contributed by atoms with Crippen molar-refractivity contribution in [3.05, 3.63) is 47.8 Å². The van der Waals surface area contributed by atoms with Gasteiger partial charge in [0, 0.05) is 43.5 Å². The predicted octanol–water partition coefficient (Wildman–Crippen LogP) is 2.36. The molecular weight excluding hydrogens is 260 g/mol. The maximum absolute atomic E-state index is 4.66. The Morgan fingerprint density at radius 3 is 2.71 bits per heavy atom. The summed E-state index contributed by atoms with van der Waals surface area (Å²) in [5.74, 6) is 0. The smallest absolute Gasteiger partial charge is 0.0645 e. The van der Waals surface area contributed by atoms with Gasteiger partial charge >= 0.3 is 0 Å². The van der Waals surface area contributed by atoms with Crippen LogP contribution in [0, 0.1) is 6.92 Å². The number of rotatable bonds is 3. The number of piperazine rings is 1. The van der Waals surface area contributed by atoms with E-state index in [0.717, 1.165) is 37.6 Å². The minimum atomic E-state index is 0.196. The van der Waals surface area contributed by atoms with Gasteiger partial charge in [0.25, 0.3) is 0 Å². The van der Waals surface area contributed by atoms with Gasteiger partial charge in [0.05, 0.1) is 11.4 Å². The first-order chi connectivity index (χ1) is 10.0. The molecule has 1 aromatic carbocycles. The number of nitrogens with zero attached hydrogens (tertiary/aromatic N) is 3. The molecule has 3 rings (SSSR count). The number of nitrogens with one attached hydrogen (secondary N) is 1. The van der Waals surface area contributed by atoms with Crippen LogP contribution < -0.4 is 5.32 Å². The van der Waals surface area contributed by atoms with Gasteiger partial charge < -0.3 is 5.32 Å². The van der Waals surface area contributed by atoms with Crippen molar-refractivity contribution >= 4 is 0 Å². The average Bonchev–Trinajstić information content (AvgIpc) is 2.80. The van der Waals surface area contributed by atoms with Gasteiger partial charge in [-0.15, -0.1) is 0 Å². The molecular formula is C17H24N4. The van der Waals surface area contributed by atoms with Crippen molar-refractivity contribution in [3.8, 4) is 5.69 Å². The van der Waals surface area contributed by atoms with Crippen molar-refractivity contribution < 1.29 is 0 Å². The van der Waals surface area contributed by atoms with Gasteiger partial charge in [-0.3, -0.25) is 4.90 Å². The van der Waals surface area contributed by atoms with Crippen molar-refractivity contribution in [1.29, 1.82) is 0 Å². The highest BCUT2D eigenvalue weighted by Gasteiger charge is 2.26. The number of aryl methyl sites for hydroxylation is 1. The van der Waals surface area contributed by atoms with E-state index in [1.807, 2.05) is 22.9 Å². The summed E-state index contributed by atoms with van der Waals surface area (Å²) in [5.41, 5.74) is 3.75. The molecule has 1 aromatic heterocycles. The van der Waals surface area contributed by atoms with E-state index < -0.39 is 0 Å². The van der Waals surface area contributed by atoms with Crippen LogP contribution in [0.3, 0.4) is 0 Å². The molecule has 1 fully saturated rings. The Morgan fingerprint density at radius 2 is 2.00 bits per heavy atom. The van der Waals surface area contributed by atoms with Crippen LogP contribution in [0.1, 0.15) is 25.1 Å². The zero-order valence-corrected chi connectivity index (χ0v) is 13.1. The summed E-state index contributed by atoms with van der Waals surface area (Å²) in [5, 5.41) is 8.21. The van der Waals surface area contributed by atoms with Gasteiger partial charge in [-0.2, -0.15) is 5.10 Å². The van der Waals surface area contributed by atoms with Gasteiger partial charge in [-0.25, -0.2) is 4.68 Å². The topological polar surface area (TPSA) is 33.1 Å². The lowest BCUT2D eigenvalue weighted by Crippen LogP contribution is -2.56. The molecule has 1 aliphatic heterocycles. The second-order valence-electron chi connectivity index (χ2n) is 6.54. The Balaban J connectivity index is 1.76. The molecule has 2 aromatic rings. The SMILES string of the molecule is Cc1nn(-c2ccccc2)cc1CN1CCNC(C)(C)C1. The van der Waals surface area contributed by atoms with Gasteiger partial charge in [0.2, 0.25) is 0 Å². The summed E-state index contributed by atoms with van der Waals surface area (Å²) in [7, 11) is 0. The van der Waals surface area contributed by atoms with Crippen LogP contribution in [0.4, 0.5) is 0 Å². The van der Waals surface area contributed by atoms with E-state index in [-0.39, 0.29) is 5.54 Å². The lowest BCUT2D eigenvalue weighted by molar-refractivity contribution is 0.148. The highest BCUT2D eigenvalue weighted by Crippen LogP contribution is 2.17. The summed E-state index contributed by atoms with van der Waals surface area (Å²) >= 11 is 0. The van der Waals surface area contributed by atoms with E-state index >= 15 is 0 Å². The molecule has 1 saturated heterocycles. The maximum atomic E-state index is 4.66. The molecule has 0 bridgehead atoms. The molecule has 21 heavy (non-hydrogen) atoms. The molecule has 4 nitrogen and oxygen atoms in total. The van der Waals surface area contributed by atoms with Crippen molar-refractivity contribution in [2.24, 2.45) is 0 Å². The van der Waals surface area contributed by atoms with E-state index in [4.69, 9.17) is 0 Å². The predicted molar refractivity (Wildman–Crippen MR) is 85.7 cm³/mol. The van der Waals surface area contributed by atoms with Crippen LogP contribution in [-0.4, -0.2) is 39.9 Å². The van der Waals surface area contributed by atoms with Crippen LogP contribution in [0.2, 0.25) is 0 Å². The number of para-hydroxylation sites is 1. The van der Waals surface area contributed by atoms with Gasteiger partial charge in [-0.1, -0.05) is 18.2 Å². The van der Waals surface area contributed by atoms with Gasteiger partial charge in [0.15, 0.2) is 0 Å². The molecule has 0 radical (unpaired) electrons. The standard InChI is InChI=1S/C17H24N4/c1-14-15(11-20-10-9-18-17(2,3)13-20)12-21(19-14)16-7-5-4-6-8-16/h4-8,12,18H,9-11,13H2,1-3H3. The largest absolute Gasteiger partial charge is 0.309 e. The first-order valence-electron chi connectivity index (χ1n) is 7.61. The molecule has 4 heteroatoms. The summed E-state index contributed by atoms with van der Waals surface area (Å²) < 4.78 is 1.98. The third-order valence-electron chi connectivity index (χ3n) is 4.07. The zero-order valence-electron chi connectivity index (χ0n) is 13.1. The molecule has 0 aliphatic carbocycles. The van der Waals surface area contributed by atoms with Gasteiger partial charge in [0.1, 0.15) is 0 Å². The Bertz CT molecular complexity index is 601. The minimum Gasteiger partial charge on any atom is -0.309 e. The van der Waals surface area contributed by atoms with Crippen molar-refractivity contribution in [1.82, 2.24) is 20.0 Å². The molecule has 0 unspecified atom stereocenters. The van der Waals surface area contributed by atoms with Gasteiger partial charge in [-0.05, 0) is 32.9 Å². The number of aromatic nitrogens is 2. The number of hydrogen-bond acceptors (Lipinski definition) is 3. The quantitative estimate of drug-likeness (QED) is 0.939. The lowest BCUT2D eigenvalue weighted by Gasteiger charge is -2.39. The number of hydrogen-bond donors (Lipinski definition) is 1. The Kier molecular flexibility index (Phi) is 3.83. The summed E-state index contributed by atoms with van der Waals surface area (Å²) in [6.07, 6.45) is 2.17. The lowest BCUT2D eigenvalue weighted by atomic mass is 10.0. The van der Waals surface area contributed by atoms with Crippen molar-refractivity contribution in [2.45, 2.75) is 32.9 Å². The molecule has 1 N–H and O–H groups in total. The second-order valence-corrected chi connectivity index (χ2v) is 6.54. The normalized spacial score (nSPS) is 18.8. The molecule has 0 atom stereocenters. The maximum Gasteiger partial charge on any atom is 0.0645 e. The molecule has 0 saturated carbocycles. The van der Waals surface area contributed by atoms with E-state index in [2.05, 4.69) is 54.4 Å². The summed E-state index contributed by atoms with van der Waals surface area (Å²) in [6.45, 7) is 10.8. The average molecular weight is 284 g/mol.